The SMILES string of the molecule is CCC(C)n1c(SCC(=O)Nc2c(C)cc(C)cc2C)nc2ccccc2c1=O. The number of amides is 1. The van der Waals surface area contributed by atoms with Crippen LogP contribution in [0.5, 0.6) is 0 Å². The van der Waals surface area contributed by atoms with Gasteiger partial charge in [-0.1, -0.05) is 48.5 Å². The van der Waals surface area contributed by atoms with Gasteiger partial charge in [0.1, 0.15) is 0 Å². The quantitative estimate of drug-likeness (QED) is 0.458. The molecule has 0 saturated carbocycles. The molecule has 152 valence electrons. The van der Waals surface area contributed by atoms with E-state index in [0.29, 0.717) is 16.1 Å². The lowest BCUT2D eigenvalue weighted by atomic mass is 10.1. The van der Waals surface area contributed by atoms with E-state index in [-0.39, 0.29) is 23.3 Å². The zero-order valence-corrected chi connectivity index (χ0v) is 18.4. The number of hydrogen-bond acceptors (Lipinski definition) is 4. The van der Waals surface area contributed by atoms with Gasteiger partial charge in [0, 0.05) is 11.7 Å². The molecule has 2 aromatic carbocycles. The van der Waals surface area contributed by atoms with Crippen LogP contribution in [0.2, 0.25) is 0 Å². The molecule has 0 aliphatic rings. The van der Waals surface area contributed by atoms with Gasteiger partial charge in [-0.05, 0) is 57.4 Å². The Labute approximate surface area is 175 Å². The third kappa shape index (κ3) is 4.53. The lowest BCUT2D eigenvalue weighted by Crippen LogP contribution is -2.26. The van der Waals surface area contributed by atoms with Gasteiger partial charge >= 0.3 is 0 Å². The molecule has 1 N–H and O–H groups in total. The Bertz CT molecular complexity index is 1100. The van der Waals surface area contributed by atoms with Crippen molar-refractivity contribution in [2.24, 2.45) is 0 Å². The number of carbonyl (C=O) groups excluding carboxylic acids is 1. The number of hydrogen-bond donors (Lipinski definition) is 1. The highest BCUT2D eigenvalue weighted by Crippen LogP contribution is 2.25. The molecule has 1 amide bonds. The fourth-order valence-electron chi connectivity index (χ4n) is 3.48. The molecular formula is C23H27N3O2S. The van der Waals surface area contributed by atoms with Crippen molar-refractivity contribution in [1.82, 2.24) is 9.55 Å². The molecule has 0 spiro atoms. The lowest BCUT2D eigenvalue weighted by molar-refractivity contribution is -0.113. The summed E-state index contributed by atoms with van der Waals surface area (Å²) in [6.07, 6.45) is 0.807. The molecule has 6 heteroatoms. The monoisotopic (exact) mass is 409 g/mol. The Morgan fingerprint density at radius 3 is 2.48 bits per heavy atom. The van der Waals surface area contributed by atoms with E-state index in [0.717, 1.165) is 23.2 Å². The molecule has 1 atom stereocenters. The van der Waals surface area contributed by atoms with Gasteiger partial charge in [0.05, 0.1) is 16.7 Å². The third-order valence-corrected chi connectivity index (χ3v) is 6.03. The number of nitrogens with zero attached hydrogens (tertiary/aromatic N) is 2. The number of para-hydroxylation sites is 1. The van der Waals surface area contributed by atoms with Crippen LogP contribution in [0, 0.1) is 20.8 Å². The number of aryl methyl sites for hydroxylation is 3. The minimum absolute atomic E-state index is 0.00625. The lowest BCUT2D eigenvalue weighted by Gasteiger charge is -2.18. The van der Waals surface area contributed by atoms with Crippen LogP contribution in [0.25, 0.3) is 10.9 Å². The molecule has 0 saturated heterocycles. The molecular weight excluding hydrogens is 382 g/mol. The van der Waals surface area contributed by atoms with Crippen molar-refractivity contribution in [3.63, 3.8) is 0 Å². The number of rotatable bonds is 6. The second-order valence-electron chi connectivity index (χ2n) is 7.45. The van der Waals surface area contributed by atoms with E-state index < -0.39 is 0 Å². The van der Waals surface area contributed by atoms with Crippen molar-refractivity contribution in [1.29, 1.82) is 0 Å². The van der Waals surface area contributed by atoms with E-state index in [1.54, 1.807) is 10.6 Å². The van der Waals surface area contributed by atoms with Crippen molar-refractivity contribution in [3.8, 4) is 0 Å². The maximum absolute atomic E-state index is 13.0. The Morgan fingerprint density at radius 1 is 1.17 bits per heavy atom. The molecule has 1 heterocycles. The van der Waals surface area contributed by atoms with Gasteiger partial charge in [0.15, 0.2) is 5.16 Å². The van der Waals surface area contributed by atoms with Gasteiger partial charge in [0.25, 0.3) is 5.56 Å². The number of benzene rings is 2. The van der Waals surface area contributed by atoms with Crippen LogP contribution in [-0.4, -0.2) is 21.2 Å². The van der Waals surface area contributed by atoms with Crippen LogP contribution in [0.15, 0.2) is 46.3 Å². The third-order valence-electron chi connectivity index (χ3n) is 5.08. The standard InChI is InChI=1S/C23H27N3O2S/c1-6-17(5)26-22(28)18-9-7-8-10-19(18)24-23(26)29-13-20(27)25-21-15(3)11-14(2)12-16(21)4/h7-12,17H,6,13H2,1-5H3,(H,25,27). The van der Waals surface area contributed by atoms with Crippen LogP contribution in [0.4, 0.5) is 5.69 Å². The number of thioether (sulfide) groups is 1. The zero-order valence-electron chi connectivity index (χ0n) is 17.6. The van der Waals surface area contributed by atoms with E-state index in [1.165, 1.54) is 17.3 Å². The Kier molecular flexibility index (Phi) is 6.42. The number of aromatic nitrogens is 2. The maximum Gasteiger partial charge on any atom is 0.262 e. The number of anilines is 1. The summed E-state index contributed by atoms with van der Waals surface area (Å²) in [5.74, 6) is 0.0803. The first-order chi connectivity index (χ1) is 13.8. The van der Waals surface area contributed by atoms with Gasteiger partial charge < -0.3 is 5.32 Å². The fraction of sp³-hybridized carbons (Fsp3) is 0.348. The van der Waals surface area contributed by atoms with E-state index in [4.69, 9.17) is 0 Å². The minimum atomic E-state index is -0.108. The molecule has 1 unspecified atom stereocenters. The summed E-state index contributed by atoms with van der Waals surface area (Å²) in [4.78, 5) is 30.3. The van der Waals surface area contributed by atoms with Crippen molar-refractivity contribution in [2.45, 2.75) is 52.2 Å². The Morgan fingerprint density at radius 2 is 1.83 bits per heavy atom. The van der Waals surface area contributed by atoms with E-state index in [1.807, 2.05) is 52.8 Å². The number of carbonyl (C=O) groups is 1. The zero-order chi connectivity index (χ0) is 21.1. The second-order valence-corrected chi connectivity index (χ2v) is 8.40. The van der Waals surface area contributed by atoms with Crippen LogP contribution in [-0.2, 0) is 4.79 Å². The average Bonchev–Trinajstić information content (AvgIpc) is 2.68. The summed E-state index contributed by atoms with van der Waals surface area (Å²) >= 11 is 1.30. The molecule has 0 bridgehead atoms. The van der Waals surface area contributed by atoms with E-state index in [9.17, 15) is 9.59 Å². The average molecular weight is 410 g/mol. The van der Waals surface area contributed by atoms with Gasteiger partial charge in [-0.2, -0.15) is 0 Å². The van der Waals surface area contributed by atoms with Crippen molar-refractivity contribution >= 4 is 34.3 Å². The van der Waals surface area contributed by atoms with Crippen molar-refractivity contribution < 1.29 is 4.79 Å². The highest BCUT2D eigenvalue weighted by Gasteiger charge is 2.17. The first kappa shape index (κ1) is 21.1. The molecule has 1 aromatic heterocycles. The van der Waals surface area contributed by atoms with Crippen molar-refractivity contribution in [3.05, 3.63) is 63.4 Å². The Balaban J connectivity index is 1.86. The van der Waals surface area contributed by atoms with E-state index >= 15 is 0 Å². The second kappa shape index (κ2) is 8.82. The summed E-state index contributed by atoms with van der Waals surface area (Å²) in [5, 5.41) is 4.20. The topological polar surface area (TPSA) is 64.0 Å². The highest BCUT2D eigenvalue weighted by atomic mass is 32.2. The predicted molar refractivity (Wildman–Crippen MR) is 121 cm³/mol. The molecule has 0 radical (unpaired) electrons. The van der Waals surface area contributed by atoms with Gasteiger partial charge in [0.2, 0.25) is 5.91 Å². The molecule has 3 rings (SSSR count). The summed E-state index contributed by atoms with van der Waals surface area (Å²) < 4.78 is 1.71. The Hall–Kier alpha value is -2.60. The van der Waals surface area contributed by atoms with Crippen LogP contribution in [0.3, 0.4) is 0 Å². The van der Waals surface area contributed by atoms with Crippen molar-refractivity contribution in [2.75, 3.05) is 11.1 Å². The predicted octanol–water partition coefficient (Wildman–Crippen LogP) is 5.02. The van der Waals surface area contributed by atoms with E-state index in [2.05, 4.69) is 22.4 Å². The largest absolute Gasteiger partial charge is 0.325 e. The molecule has 3 aromatic rings. The summed E-state index contributed by atoms with van der Waals surface area (Å²) in [6.45, 7) is 10.1. The molecule has 0 fully saturated rings. The molecule has 0 aliphatic carbocycles. The smallest absolute Gasteiger partial charge is 0.262 e. The van der Waals surface area contributed by atoms with Crippen LogP contribution in [0.1, 0.15) is 43.0 Å². The first-order valence-corrected chi connectivity index (χ1v) is 10.8. The number of fused-ring (bicyclic) bond motifs is 1. The van der Waals surface area contributed by atoms with Gasteiger partial charge in [-0.15, -0.1) is 0 Å². The maximum atomic E-state index is 13.0. The summed E-state index contributed by atoms with van der Waals surface area (Å²) in [5.41, 5.74) is 4.71. The summed E-state index contributed by atoms with van der Waals surface area (Å²) in [7, 11) is 0. The number of nitrogens with one attached hydrogen (secondary N) is 1. The fourth-order valence-corrected chi connectivity index (χ4v) is 4.38. The minimum Gasteiger partial charge on any atom is -0.325 e. The van der Waals surface area contributed by atoms with Crippen LogP contribution < -0.4 is 10.9 Å². The summed E-state index contributed by atoms with van der Waals surface area (Å²) in [6, 6.07) is 11.5. The normalized spacial score (nSPS) is 12.2. The van der Waals surface area contributed by atoms with Crippen LogP contribution >= 0.6 is 11.8 Å². The highest BCUT2D eigenvalue weighted by molar-refractivity contribution is 7.99. The first-order valence-electron chi connectivity index (χ1n) is 9.83. The molecule has 0 aliphatic heterocycles. The molecule has 5 nitrogen and oxygen atoms in total. The molecule has 29 heavy (non-hydrogen) atoms. The van der Waals surface area contributed by atoms with Gasteiger partial charge in [-0.25, -0.2) is 4.98 Å². The van der Waals surface area contributed by atoms with Gasteiger partial charge in [-0.3, -0.25) is 14.2 Å².